The lowest BCUT2D eigenvalue weighted by atomic mass is 10.3. The summed E-state index contributed by atoms with van der Waals surface area (Å²) in [5, 5.41) is 22.8. The molecule has 1 aromatic heterocycles. The third kappa shape index (κ3) is 2.40. The predicted molar refractivity (Wildman–Crippen MR) is 59.9 cm³/mol. The number of nitro groups is 1. The lowest BCUT2D eigenvalue weighted by Crippen LogP contribution is -1.97. The molecule has 8 heteroatoms. The van der Waals surface area contributed by atoms with Crippen LogP contribution in [0.1, 0.15) is 17.7 Å². The molecule has 0 aliphatic heterocycles. The molecule has 6 nitrogen and oxygen atoms in total. The molecule has 0 saturated carbocycles. The minimum Gasteiger partial charge on any atom is -0.258 e. The first-order chi connectivity index (χ1) is 9.02. The second kappa shape index (κ2) is 4.81. The predicted octanol–water partition coefficient (Wildman–Crippen LogP) is 2.59. The van der Waals surface area contributed by atoms with Crippen molar-refractivity contribution in [3.63, 3.8) is 0 Å². The minimum atomic E-state index is -2.85. The van der Waals surface area contributed by atoms with Crippen molar-refractivity contribution in [1.29, 1.82) is 5.26 Å². The zero-order chi connectivity index (χ0) is 14.0. The van der Waals surface area contributed by atoms with Crippen molar-refractivity contribution in [3.05, 3.63) is 51.8 Å². The van der Waals surface area contributed by atoms with Gasteiger partial charge in [0, 0.05) is 18.3 Å². The number of hydrogen-bond acceptors (Lipinski definition) is 4. The number of aromatic nitrogens is 2. The number of hydrogen-bond donors (Lipinski definition) is 0. The van der Waals surface area contributed by atoms with Gasteiger partial charge in [-0.25, -0.2) is 13.5 Å². The van der Waals surface area contributed by atoms with Gasteiger partial charge in [-0.2, -0.15) is 10.4 Å². The Hall–Kier alpha value is -2.82. The average molecular weight is 264 g/mol. The van der Waals surface area contributed by atoms with E-state index in [9.17, 15) is 18.9 Å². The fourth-order valence-corrected chi connectivity index (χ4v) is 1.49. The van der Waals surface area contributed by atoms with Crippen LogP contribution in [0, 0.1) is 21.4 Å². The highest BCUT2D eigenvalue weighted by Gasteiger charge is 2.18. The molecule has 0 saturated heterocycles. The Labute approximate surface area is 105 Å². The summed E-state index contributed by atoms with van der Waals surface area (Å²) < 4.78 is 26.3. The van der Waals surface area contributed by atoms with E-state index < -0.39 is 17.0 Å². The SMILES string of the molecule is N#Cc1cn(-c2ccc([N+](=O)[O-])cc2)nc1C(F)F. The maximum atomic E-state index is 12.6. The number of nitriles is 1. The smallest absolute Gasteiger partial charge is 0.258 e. The molecule has 0 atom stereocenters. The molecule has 0 unspecified atom stereocenters. The fraction of sp³-hybridized carbons (Fsp3) is 0.0909. The topological polar surface area (TPSA) is 84.8 Å². The van der Waals surface area contributed by atoms with Crippen molar-refractivity contribution < 1.29 is 13.7 Å². The van der Waals surface area contributed by atoms with Crippen LogP contribution >= 0.6 is 0 Å². The molecule has 96 valence electrons. The van der Waals surface area contributed by atoms with E-state index in [-0.39, 0.29) is 11.3 Å². The van der Waals surface area contributed by atoms with Crippen LogP contribution in [-0.4, -0.2) is 14.7 Å². The van der Waals surface area contributed by atoms with E-state index >= 15 is 0 Å². The summed E-state index contributed by atoms with van der Waals surface area (Å²) in [6.07, 6.45) is -1.70. The summed E-state index contributed by atoms with van der Waals surface area (Å²) in [5.41, 5.74) is -0.603. The van der Waals surface area contributed by atoms with Crippen molar-refractivity contribution in [3.8, 4) is 11.8 Å². The van der Waals surface area contributed by atoms with Gasteiger partial charge in [-0.3, -0.25) is 10.1 Å². The first-order valence-corrected chi connectivity index (χ1v) is 5.05. The van der Waals surface area contributed by atoms with E-state index in [0.717, 1.165) is 10.9 Å². The average Bonchev–Trinajstić information content (AvgIpc) is 2.83. The Morgan fingerprint density at radius 2 is 2.00 bits per heavy atom. The normalized spacial score (nSPS) is 10.4. The van der Waals surface area contributed by atoms with Crippen LogP contribution in [0.2, 0.25) is 0 Å². The van der Waals surface area contributed by atoms with Gasteiger partial charge in [0.2, 0.25) is 0 Å². The Kier molecular flexibility index (Phi) is 3.20. The van der Waals surface area contributed by atoms with E-state index in [0.29, 0.717) is 5.69 Å². The van der Waals surface area contributed by atoms with E-state index in [1.807, 2.05) is 0 Å². The summed E-state index contributed by atoms with van der Waals surface area (Å²) >= 11 is 0. The number of alkyl halides is 2. The van der Waals surface area contributed by atoms with Gasteiger partial charge in [0.05, 0.1) is 16.2 Å². The molecule has 0 spiro atoms. The second-order valence-electron chi connectivity index (χ2n) is 3.56. The van der Waals surface area contributed by atoms with E-state index in [2.05, 4.69) is 5.10 Å². The third-order valence-electron chi connectivity index (χ3n) is 2.40. The Bertz CT molecular complexity index is 658. The van der Waals surface area contributed by atoms with Crippen molar-refractivity contribution in [2.75, 3.05) is 0 Å². The molecular weight excluding hydrogens is 258 g/mol. The van der Waals surface area contributed by atoms with E-state index in [4.69, 9.17) is 5.26 Å². The van der Waals surface area contributed by atoms with Gasteiger partial charge in [-0.05, 0) is 12.1 Å². The molecule has 0 amide bonds. The number of nitrogens with zero attached hydrogens (tertiary/aromatic N) is 4. The van der Waals surface area contributed by atoms with Crippen molar-refractivity contribution in [2.24, 2.45) is 0 Å². The van der Waals surface area contributed by atoms with Crippen LogP contribution in [0.4, 0.5) is 14.5 Å². The lowest BCUT2D eigenvalue weighted by molar-refractivity contribution is -0.384. The van der Waals surface area contributed by atoms with Crippen molar-refractivity contribution >= 4 is 5.69 Å². The van der Waals surface area contributed by atoms with Crippen LogP contribution in [0.5, 0.6) is 0 Å². The highest BCUT2D eigenvalue weighted by molar-refractivity contribution is 5.42. The highest BCUT2D eigenvalue weighted by Crippen LogP contribution is 2.22. The van der Waals surface area contributed by atoms with E-state index in [1.54, 1.807) is 6.07 Å². The minimum absolute atomic E-state index is 0.120. The van der Waals surface area contributed by atoms with Gasteiger partial charge in [0.25, 0.3) is 12.1 Å². The lowest BCUT2D eigenvalue weighted by Gasteiger charge is -2.00. The number of nitro benzene ring substituents is 1. The Balaban J connectivity index is 2.42. The van der Waals surface area contributed by atoms with Gasteiger partial charge >= 0.3 is 0 Å². The number of benzene rings is 1. The van der Waals surface area contributed by atoms with Crippen LogP contribution in [-0.2, 0) is 0 Å². The first kappa shape index (κ1) is 12.6. The summed E-state index contributed by atoms with van der Waals surface area (Å²) in [6.45, 7) is 0. The largest absolute Gasteiger partial charge is 0.283 e. The zero-order valence-electron chi connectivity index (χ0n) is 9.33. The maximum absolute atomic E-state index is 12.6. The molecule has 0 fully saturated rings. The zero-order valence-corrected chi connectivity index (χ0v) is 9.33. The second-order valence-corrected chi connectivity index (χ2v) is 3.56. The summed E-state index contributed by atoms with van der Waals surface area (Å²) in [4.78, 5) is 9.91. The molecule has 0 N–H and O–H groups in total. The molecule has 1 heterocycles. The first-order valence-electron chi connectivity index (χ1n) is 5.05. The molecular formula is C11H6F2N4O2. The van der Waals surface area contributed by atoms with Crippen molar-refractivity contribution in [2.45, 2.75) is 6.43 Å². The third-order valence-corrected chi connectivity index (χ3v) is 2.40. The van der Waals surface area contributed by atoms with Gasteiger partial charge in [0.15, 0.2) is 0 Å². The summed E-state index contributed by atoms with van der Waals surface area (Å²) in [7, 11) is 0. The van der Waals surface area contributed by atoms with Crippen LogP contribution in [0.15, 0.2) is 30.5 Å². The quantitative estimate of drug-likeness (QED) is 0.629. The summed E-state index contributed by atoms with van der Waals surface area (Å²) in [6, 6.07) is 6.80. The van der Waals surface area contributed by atoms with Gasteiger partial charge in [-0.15, -0.1) is 0 Å². The number of non-ortho nitro benzene ring substituents is 1. The van der Waals surface area contributed by atoms with Crippen LogP contribution < -0.4 is 0 Å². The van der Waals surface area contributed by atoms with Crippen LogP contribution in [0.25, 0.3) is 5.69 Å². The monoisotopic (exact) mass is 264 g/mol. The molecule has 0 aliphatic rings. The standard InChI is InChI=1S/C11H6F2N4O2/c12-11(13)10-7(5-14)6-16(15-10)8-1-3-9(4-2-8)17(18)19/h1-4,6,11H. The van der Waals surface area contributed by atoms with Gasteiger partial charge in [0.1, 0.15) is 11.8 Å². The Morgan fingerprint density at radius 3 is 2.42 bits per heavy atom. The summed E-state index contributed by atoms with van der Waals surface area (Å²) in [5.74, 6) is 0. The van der Waals surface area contributed by atoms with Gasteiger partial charge < -0.3 is 0 Å². The molecule has 0 radical (unpaired) electrons. The van der Waals surface area contributed by atoms with Crippen LogP contribution in [0.3, 0.4) is 0 Å². The fourth-order valence-electron chi connectivity index (χ4n) is 1.49. The highest BCUT2D eigenvalue weighted by atomic mass is 19.3. The molecule has 0 bridgehead atoms. The van der Waals surface area contributed by atoms with E-state index in [1.165, 1.54) is 24.3 Å². The number of rotatable bonds is 3. The molecule has 2 aromatic rings. The molecule has 19 heavy (non-hydrogen) atoms. The Morgan fingerprint density at radius 1 is 1.37 bits per heavy atom. The molecule has 1 aromatic carbocycles. The molecule has 2 rings (SSSR count). The number of halogens is 2. The van der Waals surface area contributed by atoms with Gasteiger partial charge in [-0.1, -0.05) is 0 Å². The van der Waals surface area contributed by atoms with Crippen molar-refractivity contribution in [1.82, 2.24) is 9.78 Å². The molecule has 0 aliphatic carbocycles. The maximum Gasteiger partial charge on any atom is 0.283 e.